The minimum absolute atomic E-state index is 0.201. The molecule has 0 saturated carbocycles. The van der Waals surface area contributed by atoms with Gasteiger partial charge in [-0.1, -0.05) is 0 Å². The standard InChI is InChI=1S/C8H12F3N3O2/c1-3-14(2)7-12-6(16-13-7)4-5(15)8(9,10)11/h5,15H,3-4H2,1-2H3. The van der Waals surface area contributed by atoms with Crippen molar-refractivity contribution in [2.45, 2.75) is 25.6 Å². The predicted octanol–water partition coefficient (Wildman–Crippen LogP) is 0.991. The Hall–Kier alpha value is -1.31. The summed E-state index contributed by atoms with van der Waals surface area (Å²) in [6.07, 6.45) is -7.88. The summed E-state index contributed by atoms with van der Waals surface area (Å²) in [5, 5.41) is 12.3. The SMILES string of the molecule is CCN(C)c1noc(CC(O)C(F)(F)F)n1. The first kappa shape index (κ1) is 12.8. The molecule has 0 bridgehead atoms. The molecular formula is C8H12F3N3O2. The van der Waals surface area contributed by atoms with Gasteiger partial charge >= 0.3 is 6.18 Å². The Bertz CT molecular complexity index is 340. The lowest BCUT2D eigenvalue weighted by molar-refractivity contribution is -0.204. The van der Waals surface area contributed by atoms with Crippen LogP contribution < -0.4 is 4.90 Å². The van der Waals surface area contributed by atoms with Crippen molar-refractivity contribution < 1.29 is 22.8 Å². The first-order valence-corrected chi connectivity index (χ1v) is 4.63. The van der Waals surface area contributed by atoms with Gasteiger partial charge in [0.2, 0.25) is 5.89 Å². The van der Waals surface area contributed by atoms with Crippen LogP contribution in [0.4, 0.5) is 19.1 Å². The summed E-state index contributed by atoms with van der Waals surface area (Å²) in [6.45, 7) is 2.43. The van der Waals surface area contributed by atoms with E-state index in [9.17, 15) is 13.2 Å². The number of aliphatic hydroxyl groups excluding tert-OH is 1. The third kappa shape index (κ3) is 3.09. The van der Waals surface area contributed by atoms with Crippen LogP contribution in [0.25, 0.3) is 0 Å². The first-order chi connectivity index (χ1) is 7.34. The lowest BCUT2D eigenvalue weighted by Crippen LogP contribution is -2.30. The number of alkyl halides is 3. The van der Waals surface area contributed by atoms with E-state index in [0.717, 1.165) is 0 Å². The fourth-order valence-electron chi connectivity index (χ4n) is 0.906. The maximum absolute atomic E-state index is 12.0. The van der Waals surface area contributed by atoms with Crippen molar-refractivity contribution >= 4 is 5.95 Å². The van der Waals surface area contributed by atoms with Gasteiger partial charge in [-0.25, -0.2) is 0 Å². The first-order valence-electron chi connectivity index (χ1n) is 4.63. The molecule has 0 spiro atoms. The van der Waals surface area contributed by atoms with Crippen LogP contribution in [-0.2, 0) is 6.42 Å². The second kappa shape index (κ2) is 4.69. The maximum Gasteiger partial charge on any atom is 0.414 e. The van der Waals surface area contributed by atoms with E-state index in [4.69, 9.17) is 5.11 Å². The summed E-state index contributed by atoms with van der Waals surface area (Å²) >= 11 is 0. The number of aromatic nitrogens is 2. The van der Waals surface area contributed by atoms with E-state index in [2.05, 4.69) is 14.7 Å². The molecule has 0 aliphatic carbocycles. The number of hydrogen-bond donors (Lipinski definition) is 1. The van der Waals surface area contributed by atoms with Crippen LogP contribution in [0.15, 0.2) is 4.52 Å². The molecular weight excluding hydrogens is 227 g/mol. The van der Waals surface area contributed by atoms with Crippen molar-refractivity contribution in [1.82, 2.24) is 10.1 Å². The number of aliphatic hydroxyl groups is 1. The van der Waals surface area contributed by atoms with Crippen LogP contribution in [0.1, 0.15) is 12.8 Å². The van der Waals surface area contributed by atoms with Crippen molar-refractivity contribution in [2.75, 3.05) is 18.5 Å². The zero-order valence-corrected chi connectivity index (χ0v) is 8.82. The minimum atomic E-state index is -4.68. The zero-order chi connectivity index (χ0) is 12.3. The van der Waals surface area contributed by atoms with Gasteiger partial charge in [0.15, 0.2) is 6.10 Å². The molecule has 0 radical (unpaired) electrons. The Kier molecular flexibility index (Phi) is 3.74. The molecule has 16 heavy (non-hydrogen) atoms. The quantitative estimate of drug-likeness (QED) is 0.849. The topological polar surface area (TPSA) is 62.4 Å². The predicted molar refractivity (Wildman–Crippen MR) is 49.0 cm³/mol. The van der Waals surface area contributed by atoms with Gasteiger partial charge in [0.25, 0.3) is 5.95 Å². The molecule has 1 unspecified atom stereocenters. The number of anilines is 1. The van der Waals surface area contributed by atoms with Gasteiger partial charge in [-0.2, -0.15) is 18.2 Å². The minimum Gasteiger partial charge on any atom is -0.383 e. The Labute approximate surface area is 89.9 Å². The third-order valence-corrected chi connectivity index (χ3v) is 2.02. The molecule has 1 atom stereocenters. The Morgan fingerprint density at radius 1 is 1.50 bits per heavy atom. The van der Waals surface area contributed by atoms with E-state index in [1.807, 2.05) is 6.92 Å². The molecule has 0 amide bonds. The molecule has 0 aliphatic heterocycles. The van der Waals surface area contributed by atoms with E-state index >= 15 is 0 Å². The molecule has 0 saturated heterocycles. The Balaban J connectivity index is 2.66. The molecule has 1 heterocycles. The number of rotatable bonds is 4. The largest absolute Gasteiger partial charge is 0.414 e. The van der Waals surface area contributed by atoms with E-state index in [-0.39, 0.29) is 11.8 Å². The number of hydrogen-bond acceptors (Lipinski definition) is 5. The Morgan fingerprint density at radius 3 is 2.62 bits per heavy atom. The second-order valence-corrected chi connectivity index (χ2v) is 3.26. The van der Waals surface area contributed by atoms with E-state index in [1.54, 1.807) is 11.9 Å². The molecule has 0 aliphatic rings. The Morgan fingerprint density at radius 2 is 2.12 bits per heavy atom. The van der Waals surface area contributed by atoms with Gasteiger partial charge in [0, 0.05) is 13.6 Å². The normalized spacial score (nSPS) is 13.9. The van der Waals surface area contributed by atoms with Crippen LogP contribution in [0, 0.1) is 0 Å². The lowest BCUT2D eigenvalue weighted by Gasteiger charge is -2.11. The maximum atomic E-state index is 12.0. The summed E-state index contributed by atoms with van der Waals surface area (Å²) < 4.78 is 40.6. The van der Waals surface area contributed by atoms with E-state index < -0.39 is 18.7 Å². The van der Waals surface area contributed by atoms with Gasteiger partial charge in [0.1, 0.15) is 0 Å². The molecule has 92 valence electrons. The van der Waals surface area contributed by atoms with Gasteiger partial charge < -0.3 is 14.5 Å². The van der Waals surface area contributed by atoms with Crippen molar-refractivity contribution in [1.29, 1.82) is 0 Å². The fourth-order valence-corrected chi connectivity index (χ4v) is 0.906. The van der Waals surface area contributed by atoms with Crippen molar-refractivity contribution in [2.24, 2.45) is 0 Å². The van der Waals surface area contributed by atoms with Gasteiger partial charge in [-0.05, 0) is 12.1 Å². The van der Waals surface area contributed by atoms with Crippen LogP contribution in [0.5, 0.6) is 0 Å². The second-order valence-electron chi connectivity index (χ2n) is 3.26. The smallest absolute Gasteiger partial charge is 0.383 e. The highest BCUT2D eigenvalue weighted by atomic mass is 19.4. The molecule has 1 aromatic rings. The van der Waals surface area contributed by atoms with Crippen LogP contribution in [0.3, 0.4) is 0 Å². The van der Waals surface area contributed by atoms with Crippen LogP contribution >= 0.6 is 0 Å². The van der Waals surface area contributed by atoms with Gasteiger partial charge in [-0.3, -0.25) is 0 Å². The fraction of sp³-hybridized carbons (Fsp3) is 0.750. The van der Waals surface area contributed by atoms with Crippen LogP contribution in [0.2, 0.25) is 0 Å². The van der Waals surface area contributed by atoms with Crippen molar-refractivity contribution in [3.63, 3.8) is 0 Å². The monoisotopic (exact) mass is 239 g/mol. The lowest BCUT2D eigenvalue weighted by atomic mass is 10.2. The molecule has 0 aromatic carbocycles. The number of halogens is 3. The summed E-state index contributed by atoms with van der Waals surface area (Å²) in [5.74, 6) is -0.0352. The summed E-state index contributed by atoms with van der Waals surface area (Å²) in [5.41, 5.74) is 0. The summed E-state index contributed by atoms with van der Waals surface area (Å²) in [7, 11) is 1.68. The van der Waals surface area contributed by atoms with E-state index in [0.29, 0.717) is 6.54 Å². The molecule has 1 N–H and O–H groups in total. The third-order valence-electron chi connectivity index (χ3n) is 2.02. The highest BCUT2D eigenvalue weighted by Crippen LogP contribution is 2.22. The van der Waals surface area contributed by atoms with Gasteiger partial charge in [-0.15, -0.1) is 0 Å². The zero-order valence-electron chi connectivity index (χ0n) is 8.82. The molecule has 8 heteroatoms. The molecule has 1 aromatic heterocycles. The van der Waals surface area contributed by atoms with Gasteiger partial charge in [0.05, 0.1) is 6.42 Å². The molecule has 5 nitrogen and oxygen atoms in total. The number of nitrogens with zero attached hydrogens (tertiary/aromatic N) is 3. The highest BCUT2D eigenvalue weighted by molar-refractivity contribution is 5.25. The van der Waals surface area contributed by atoms with Crippen LogP contribution in [-0.4, -0.2) is 41.1 Å². The molecule has 1 rings (SSSR count). The average molecular weight is 239 g/mol. The highest BCUT2D eigenvalue weighted by Gasteiger charge is 2.39. The summed E-state index contributed by atoms with van der Waals surface area (Å²) in [6, 6.07) is 0. The van der Waals surface area contributed by atoms with Crippen molar-refractivity contribution in [3.8, 4) is 0 Å². The molecule has 0 fully saturated rings. The average Bonchev–Trinajstić information content (AvgIpc) is 2.63. The summed E-state index contributed by atoms with van der Waals surface area (Å²) in [4.78, 5) is 5.33. The van der Waals surface area contributed by atoms with Crippen molar-refractivity contribution in [3.05, 3.63) is 5.89 Å². The van der Waals surface area contributed by atoms with E-state index in [1.165, 1.54) is 0 Å².